The average Bonchev–Trinajstić information content (AvgIpc) is 2.94. The van der Waals surface area contributed by atoms with Crippen molar-refractivity contribution >= 4 is 0 Å². The molecule has 2 fully saturated rings. The monoisotopic (exact) mass is 282 g/mol. The molecule has 0 bridgehead atoms. The van der Waals surface area contributed by atoms with Crippen molar-refractivity contribution in [3.8, 4) is 0 Å². The van der Waals surface area contributed by atoms with Gasteiger partial charge in [0.05, 0.1) is 44.2 Å². The van der Waals surface area contributed by atoms with Gasteiger partial charge in [-0.05, 0) is 12.8 Å². The summed E-state index contributed by atoms with van der Waals surface area (Å²) in [5.74, 6) is 0. The molecule has 0 unspecified atom stereocenters. The third-order valence-corrected chi connectivity index (χ3v) is 4.07. The molecule has 7 heteroatoms. The van der Waals surface area contributed by atoms with Crippen molar-refractivity contribution in [1.29, 1.82) is 0 Å². The molecule has 112 valence electrons. The molecule has 0 aromatic carbocycles. The molecule has 0 spiro atoms. The van der Waals surface area contributed by atoms with Gasteiger partial charge >= 0.3 is 0 Å². The zero-order chi connectivity index (χ0) is 13.9. The standard InChI is InChI=1S/C13H22N4O3/c1-19-7-10-5-17(16-15-10)6-12-13(11(18)8-20-12)14-9-3-2-4-9/h5,9,11-14,18H,2-4,6-8H2,1H3/t11-,12+,13+/m0/s1. The van der Waals surface area contributed by atoms with Crippen molar-refractivity contribution < 1.29 is 14.6 Å². The first kappa shape index (κ1) is 13.9. The molecule has 0 radical (unpaired) electrons. The minimum atomic E-state index is -0.442. The van der Waals surface area contributed by atoms with Crippen LogP contribution in [0.1, 0.15) is 25.0 Å². The van der Waals surface area contributed by atoms with Crippen LogP contribution in [0.4, 0.5) is 0 Å². The van der Waals surface area contributed by atoms with E-state index in [0.29, 0.717) is 25.8 Å². The van der Waals surface area contributed by atoms with Crippen molar-refractivity contribution in [2.24, 2.45) is 0 Å². The first-order valence-electron chi connectivity index (χ1n) is 7.20. The number of hydrogen-bond donors (Lipinski definition) is 2. The predicted octanol–water partition coefficient (Wildman–Crippen LogP) is -0.305. The Bertz CT molecular complexity index is 435. The molecule has 20 heavy (non-hydrogen) atoms. The number of rotatable bonds is 6. The lowest BCUT2D eigenvalue weighted by Gasteiger charge is -2.32. The van der Waals surface area contributed by atoms with Gasteiger partial charge in [0, 0.05) is 13.2 Å². The Balaban J connectivity index is 1.59. The van der Waals surface area contributed by atoms with Crippen LogP contribution in [0, 0.1) is 0 Å². The van der Waals surface area contributed by atoms with E-state index >= 15 is 0 Å². The summed E-state index contributed by atoms with van der Waals surface area (Å²) in [6, 6.07) is 0.508. The summed E-state index contributed by atoms with van der Waals surface area (Å²) >= 11 is 0. The second kappa shape index (κ2) is 6.17. The Kier molecular flexibility index (Phi) is 4.30. The molecular weight excluding hydrogens is 260 g/mol. The Labute approximate surface area is 118 Å². The topological polar surface area (TPSA) is 81.4 Å². The second-order valence-electron chi connectivity index (χ2n) is 5.62. The largest absolute Gasteiger partial charge is 0.389 e. The Hall–Kier alpha value is -1.02. The summed E-state index contributed by atoms with van der Waals surface area (Å²) in [5.41, 5.74) is 0.801. The van der Waals surface area contributed by atoms with Crippen LogP contribution >= 0.6 is 0 Å². The van der Waals surface area contributed by atoms with E-state index in [2.05, 4.69) is 15.6 Å². The average molecular weight is 282 g/mol. The predicted molar refractivity (Wildman–Crippen MR) is 71.0 cm³/mol. The van der Waals surface area contributed by atoms with Gasteiger partial charge in [0.1, 0.15) is 5.69 Å². The van der Waals surface area contributed by atoms with Gasteiger partial charge in [0.2, 0.25) is 0 Å². The van der Waals surface area contributed by atoms with E-state index in [4.69, 9.17) is 9.47 Å². The fraction of sp³-hybridized carbons (Fsp3) is 0.846. The maximum absolute atomic E-state index is 10.0. The van der Waals surface area contributed by atoms with Gasteiger partial charge in [-0.2, -0.15) is 0 Å². The van der Waals surface area contributed by atoms with E-state index in [9.17, 15) is 5.11 Å². The van der Waals surface area contributed by atoms with E-state index in [1.807, 2.05) is 6.20 Å². The second-order valence-corrected chi connectivity index (χ2v) is 5.62. The van der Waals surface area contributed by atoms with Crippen LogP contribution < -0.4 is 5.32 Å². The van der Waals surface area contributed by atoms with Gasteiger partial charge in [-0.25, -0.2) is 4.68 Å². The van der Waals surface area contributed by atoms with Crippen LogP contribution in [0.5, 0.6) is 0 Å². The molecule has 1 aliphatic heterocycles. The molecular formula is C13H22N4O3. The highest BCUT2D eigenvalue weighted by Crippen LogP contribution is 2.23. The summed E-state index contributed by atoms with van der Waals surface area (Å²) in [4.78, 5) is 0. The fourth-order valence-corrected chi connectivity index (χ4v) is 2.74. The molecule has 1 aromatic heterocycles. The Morgan fingerprint density at radius 2 is 2.40 bits per heavy atom. The lowest BCUT2D eigenvalue weighted by molar-refractivity contribution is 0.0722. The maximum atomic E-state index is 10.0. The molecule has 3 atom stereocenters. The van der Waals surface area contributed by atoms with Gasteiger partial charge in [-0.1, -0.05) is 11.6 Å². The minimum absolute atomic E-state index is 0.0182. The number of aliphatic hydroxyl groups excluding tert-OH is 1. The number of nitrogens with zero attached hydrogens (tertiary/aromatic N) is 3. The first-order chi connectivity index (χ1) is 9.76. The van der Waals surface area contributed by atoms with Gasteiger partial charge < -0.3 is 19.9 Å². The molecule has 1 saturated heterocycles. The van der Waals surface area contributed by atoms with Gasteiger partial charge in [-0.3, -0.25) is 0 Å². The van der Waals surface area contributed by atoms with E-state index < -0.39 is 6.10 Å². The normalized spacial score (nSPS) is 30.6. The van der Waals surface area contributed by atoms with Crippen LogP contribution in [-0.2, 0) is 22.6 Å². The number of ether oxygens (including phenoxy) is 2. The molecule has 7 nitrogen and oxygen atoms in total. The summed E-state index contributed by atoms with van der Waals surface area (Å²) < 4.78 is 12.5. The van der Waals surface area contributed by atoms with Crippen molar-refractivity contribution in [2.75, 3.05) is 13.7 Å². The SMILES string of the molecule is COCc1cn(C[C@H]2OC[C@H](O)[C@H]2NC2CCC2)nn1. The lowest BCUT2D eigenvalue weighted by Crippen LogP contribution is -2.51. The molecule has 1 saturated carbocycles. The third kappa shape index (κ3) is 3.01. The lowest BCUT2D eigenvalue weighted by atomic mass is 9.91. The smallest absolute Gasteiger partial charge is 0.108 e. The van der Waals surface area contributed by atoms with E-state index in [1.165, 1.54) is 19.3 Å². The third-order valence-electron chi connectivity index (χ3n) is 4.07. The highest BCUT2D eigenvalue weighted by atomic mass is 16.5. The molecule has 1 aliphatic carbocycles. The van der Waals surface area contributed by atoms with Crippen LogP contribution in [0.25, 0.3) is 0 Å². The van der Waals surface area contributed by atoms with Crippen LogP contribution in [0.2, 0.25) is 0 Å². The van der Waals surface area contributed by atoms with Crippen LogP contribution in [0.3, 0.4) is 0 Å². The van der Waals surface area contributed by atoms with Gasteiger partial charge in [0.25, 0.3) is 0 Å². The first-order valence-corrected chi connectivity index (χ1v) is 7.20. The summed E-state index contributed by atoms with van der Waals surface area (Å²) in [7, 11) is 1.63. The zero-order valence-corrected chi connectivity index (χ0v) is 11.7. The summed E-state index contributed by atoms with van der Waals surface area (Å²) in [5, 5.41) is 21.6. The molecule has 1 aromatic rings. The highest BCUT2D eigenvalue weighted by Gasteiger charge is 2.38. The van der Waals surface area contributed by atoms with E-state index in [1.54, 1.807) is 11.8 Å². The molecule has 3 rings (SSSR count). The van der Waals surface area contributed by atoms with Gasteiger partial charge in [0.15, 0.2) is 0 Å². The van der Waals surface area contributed by atoms with Crippen LogP contribution in [-0.4, -0.2) is 58.1 Å². The number of methoxy groups -OCH3 is 1. The van der Waals surface area contributed by atoms with E-state index in [0.717, 1.165) is 5.69 Å². The molecule has 2 N–H and O–H groups in total. The maximum Gasteiger partial charge on any atom is 0.108 e. The number of aromatic nitrogens is 3. The summed E-state index contributed by atoms with van der Waals surface area (Å²) in [6.07, 6.45) is 5.01. The molecule has 2 aliphatic rings. The van der Waals surface area contributed by atoms with Crippen molar-refractivity contribution in [2.45, 2.75) is 56.7 Å². The fourth-order valence-electron chi connectivity index (χ4n) is 2.74. The van der Waals surface area contributed by atoms with Crippen molar-refractivity contribution in [3.05, 3.63) is 11.9 Å². The quantitative estimate of drug-likeness (QED) is 0.745. The number of nitrogens with one attached hydrogen (secondary N) is 1. The molecule has 2 heterocycles. The summed E-state index contributed by atoms with van der Waals surface area (Å²) in [6.45, 7) is 1.44. The Morgan fingerprint density at radius 3 is 3.10 bits per heavy atom. The van der Waals surface area contributed by atoms with Crippen LogP contribution in [0.15, 0.2) is 6.20 Å². The van der Waals surface area contributed by atoms with Crippen molar-refractivity contribution in [3.63, 3.8) is 0 Å². The van der Waals surface area contributed by atoms with Crippen molar-refractivity contribution in [1.82, 2.24) is 20.3 Å². The highest BCUT2D eigenvalue weighted by molar-refractivity contribution is 4.95. The minimum Gasteiger partial charge on any atom is -0.389 e. The van der Waals surface area contributed by atoms with Gasteiger partial charge in [-0.15, -0.1) is 5.10 Å². The number of hydrogen-bond acceptors (Lipinski definition) is 6. The number of aliphatic hydroxyl groups is 1. The zero-order valence-electron chi connectivity index (χ0n) is 11.7. The molecule has 0 amide bonds. The van der Waals surface area contributed by atoms with E-state index in [-0.39, 0.29) is 12.1 Å². The Morgan fingerprint density at radius 1 is 1.55 bits per heavy atom.